The van der Waals surface area contributed by atoms with Gasteiger partial charge < -0.3 is 5.32 Å². The topological polar surface area (TPSA) is 15.3 Å². The van der Waals surface area contributed by atoms with Crippen LogP contribution in [0.4, 0.5) is 0 Å². The van der Waals surface area contributed by atoms with E-state index in [0.717, 1.165) is 6.04 Å². The number of nitrogens with one attached hydrogen (secondary N) is 1. The molecule has 2 heterocycles. The Morgan fingerprint density at radius 3 is 3.13 bits per heavy atom. The Balaban J connectivity index is 1.57. The summed E-state index contributed by atoms with van der Waals surface area (Å²) in [5, 5.41) is 3.57. The van der Waals surface area contributed by atoms with Gasteiger partial charge in [-0.05, 0) is 52.1 Å². The van der Waals surface area contributed by atoms with Crippen molar-refractivity contribution in [2.45, 2.75) is 45.1 Å². The van der Waals surface area contributed by atoms with Crippen LogP contribution in [-0.2, 0) is 0 Å². The minimum atomic E-state index is 0.826. The first kappa shape index (κ1) is 11.2. The summed E-state index contributed by atoms with van der Waals surface area (Å²) in [5.74, 6) is 0. The smallest absolute Gasteiger partial charge is 0.0165 e. The molecule has 0 aliphatic carbocycles. The van der Waals surface area contributed by atoms with E-state index in [9.17, 15) is 0 Å². The van der Waals surface area contributed by atoms with Gasteiger partial charge in [-0.2, -0.15) is 0 Å². The normalized spacial score (nSPS) is 28.1. The van der Waals surface area contributed by atoms with E-state index in [4.69, 9.17) is 0 Å². The molecule has 0 aromatic rings. The van der Waals surface area contributed by atoms with Gasteiger partial charge in [-0.3, -0.25) is 4.90 Å². The van der Waals surface area contributed by atoms with Crippen LogP contribution >= 0.6 is 0 Å². The number of rotatable bonds is 4. The molecule has 2 aliphatic heterocycles. The molecule has 1 atom stereocenters. The van der Waals surface area contributed by atoms with Gasteiger partial charge in [-0.25, -0.2) is 0 Å². The maximum Gasteiger partial charge on any atom is 0.0165 e. The summed E-state index contributed by atoms with van der Waals surface area (Å²) in [7, 11) is 0. The molecule has 2 nitrogen and oxygen atoms in total. The highest BCUT2D eigenvalue weighted by molar-refractivity contribution is 5.03. The SMILES string of the molecule is CC1=CCN(CCCC2CCCN2)CC1. The molecule has 0 radical (unpaired) electrons. The van der Waals surface area contributed by atoms with E-state index in [1.54, 1.807) is 5.57 Å². The van der Waals surface area contributed by atoms with Crippen molar-refractivity contribution in [3.63, 3.8) is 0 Å². The third-order valence-corrected chi connectivity index (χ3v) is 3.71. The molecule has 15 heavy (non-hydrogen) atoms. The summed E-state index contributed by atoms with van der Waals surface area (Å²) >= 11 is 0. The van der Waals surface area contributed by atoms with Gasteiger partial charge in [0.05, 0.1) is 0 Å². The summed E-state index contributed by atoms with van der Waals surface area (Å²) in [6.45, 7) is 7.25. The highest BCUT2D eigenvalue weighted by atomic mass is 15.1. The zero-order valence-corrected chi connectivity index (χ0v) is 9.97. The zero-order valence-electron chi connectivity index (χ0n) is 9.97. The first-order valence-corrected chi connectivity index (χ1v) is 6.46. The highest BCUT2D eigenvalue weighted by Gasteiger charge is 2.14. The van der Waals surface area contributed by atoms with Gasteiger partial charge in [0, 0.05) is 19.1 Å². The molecule has 2 aliphatic rings. The molecule has 1 fully saturated rings. The van der Waals surface area contributed by atoms with E-state index in [1.807, 2.05) is 0 Å². The predicted molar refractivity (Wildman–Crippen MR) is 65.1 cm³/mol. The summed E-state index contributed by atoms with van der Waals surface area (Å²) in [6.07, 6.45) is 9.19. The minimum Gasteiger partial charge on any atom is -0.314 e. The van der Waals surface area contributed by atoms with E-state index >= 15 is 0 Å². The van der Waals surface area contributed by atoms with Crippen LogP contribution in [0.1, 0.15) is 39.0 Å². The zero-order chi connectivity index (χ0) is 10.5. The van der Waals surface area contributed by atoms with Gasteiger partial charge in [-0.1, -0.05) is 11.6 Å². The quantitative estimate of drug-likeness (QED) is 0.712. The Hall–Kier alpha value is -0.340. The maximum atomic E-state index is 3.57. The third-order valence-electron chi connectivity index (χ3n) is 3.71. The van der Waals surface area contributed by atoms with Gasteiger partial charge in [0.2, 0.25) is 0 Å². The van der Waals surface area contributed by atoms with Crippen molar-refractivity contribution < 1.29 is 0 Å². The Morgan fingerprint density at radius 2 is 2.47 bits per heavy atom. The van der Waals surface area contributed by atoms with Crippen LogP contribution in [-0.4, -0.2) is 37.1 Å². The molecule has 2 heteroatoms. The molecule has 0 aromatic carbocycles. The van der Waals surface area contributed by atoms with Crippen LogP contribution < -0.4 is 5.32 Å². The number of nitrogens with zero attached hydrogens (tertiary/aromatic N) is 1. The summed E-state index contributed by atoms with van der Waals surface area (Å²) < 4.78 is 0. The van der Waals surface area contributed by atoms with Gasteiger partial charge in [0.25, 0.3) is 0 Å². The highest BCUT2D eigenvalue weighted by Crippen LogP contribution is 2.13. The van der Waals surface area contributed by atoms with E-state index < -0.39 is 0 Å². The Kier molecular flexibility index (Phi) is 4.21. The van der Waals surface area contributed by atoms with E-state index in [-0.39, 0.29) is 0 Å². The van der Waals surface area contributed by atoms with Crippen molar-refractivity contribution in [1.82, 2.24) is 10.2 Å². The molecule has 1 unspecified atom stereocenters. The fourth-order valence-corrected chi connectivity index (χ4v) is 2.58. The molecule has 1 N–H and O–H groups in total. The van der Waals surface area contributed by atoms with Gasteiger partial charge >= 0.3 is 0 Å². The lowest BCUT2D eigenvalue weighted by atomic mass is 10.1. The molecule has 0 spiro atoms. The van der Waals surface area contributed by atoms with Gasteiger partial charge in [-0.15, -0.1) is 0 Å². The van der Waals surface area contributed by atoms with Crippen molar-refractivity contribution in [3.05, 3.63) is 11.6 Å². The van der Waals surface area contributed by atoms with Crippen molar-refractivity contribution in [3.8, 4) is 0 Å². The summed E-state index contributed by atoms with van der Waals surface area (Å²) in [5.41, 5.74) is 1.57. The lowest BCUT2D eigenvalue weighted by Crippen LogP contribution is -2.30. The summed E-state index contributed by atoms with van der Waals surface area (Å²) in [4.78, 5) is 2.59. The lowest BCUT2D eigenvalue weighted by molar-refractivity contribution is 0.282. The third kappa shape index (κ3) is 3.62. The number of hydrogen-bond donors (Lipinski definition) is 1. The Bertz CT molecular complexity index is 217. The summed E-state index contributed by atoms with van der Waals surface area (Å²) in [6, 6.07) is 0.826. The monoisotopic (exact) mass is 208 g/mol. The van der Waals surface area contributed by atoms with Crippen LogP contribution in [0.5, 0.6) is 0 Å². The molecule has 0 bridgehead atoms. The van der Waals surface area contributed by atoms with E-state index in [2.05, 4.69) is 23.2 Å². The molecular weight excluding hydrogens is 184 g/mol. The van der Waals surface area contributed by atoms with Gasteiger partial charge in [0.15, 0.2) is 0 Å². The van der Waals surface area contributed by atoms with Crippen LogP contribution in [0.3, 0.4) is 0 Å². The van der Waals surface area contributed by atoms with Crippen LogP contribution in [0.2, 0.25) is 0 Å². The molecular formula is C13H24N2. The minimum absolute atomic E-state index is 0.826. The second kappa shape index (κ2) is 5.66. The molecule has 0 saturated carbocycles. The van der Waals surface area contributed by atoms with E-state index in [0.29, 0.717) is 0 Å². The molecule has 0 amide bonds. The Morgan fingerprint density at radius 1 is 1.53 bits per heavy atom. The van der Waals surface area contributed by atoms with Crippen LogP contribution in [0, 0.1) is 0 Å². The second-order valence-electron chi connectivity index (χ2n) is 5.04. The van der Waals surface area contributed by atoms with Crippen molar-refractivity contribution in [1.29, 1.82) is 0 Å². The average Bonchev–Trinajstić information content (AvgIpc) is 2.74. The standard InChI is InChI=1S/C13H24N2/c1-12-6-10-15(11-7-12)9-3-5-13-4-2-8-14-13/h6,13-14H,2-5,7-11H2,1H3. The molecule has 0 aromatic heterocycles. The second-order valence-corrected chi connectivity index (χ2v) is 5.04. The molecule has 86 valence electrons. The first-order valence-electron chi connectivity index (χ1n) is 6.46. The number of hydrogen-bond acceptors (Lipinski definition) is 2. The maximum absolute atomic E-state index is 3.57. The molecule has 1 saturated heterocycles. The van der Waals surface area contributed by atoms with Gasteiger partial charge in [0.1, 0.15) is 0 Å². The van der Waals surface area contributed by atoms with E-state index in [1.165, 1.54) is 58.3 Å². The van der Waals surface area contributed by atoms with Crippen molar-refractivity contribution >= 4 is 0 Å². The van der Waals surface area contributed by atoms with Crippen LogP contribution in [0.25, 0.3) is 0 Å². The largest absolute Gasteiger partial charge is 0.314 e. The Labute approximate surface area is 93.7 Å². The fraction of sp³-hybridized carbons (Fsp3) is 0.846. The fourth-order valence-electron chi connectivity index (χ4n) is 2.58. The average molecular weight is 208 g/mol. The predicted octanol–water partition coefficient (Wildman–Crippen LogP) is 2.17. The first-order chi connectivity index (χ1) is 7.34. The van der Waals surface area contributed by atoms with Crippen molar-refractivity contribution in [2.75, 3.05) is 26.2 Å². The van der Waals surface area contributed by atoms with Crippen molar-refractivity contribution in [2.24, 2.45) is 0 Å². The van der Waals surface area contributed by atoms with Crippen LogP contribution in [0.15, 0.2) is 11.6 Å². The molecule has 2 rings (SSSR count). The lowest BCUT2D eigenvalue weighted by Gasteiger charge is -2.25.